The van der Waals surface area contributed by atoms with Crippen LogP contribution in [0.4, 0.5) is 5.82 Å². The minimum absolute atomic E-state index is 0.583. The van der Waals surface area contributed by atoms with Crippen LogP contribution in [0.25, 0.3) is 10.9 Å². The molecule has 0 amide bonds. The van der Waals surface area contributed by atoms with Crippen LogP contribution in [0, 0.1) is 0 Å². The third-order valence-electron chi connectivity index (χ3n) is 3.86. The van der Waals surface area contributed by atoms with Gasteiger partial charge in [0.15, 0.2) is 0 Å². The van der Waals surface area contributed by atoms with Gasteiger partial charge in [0, 0.05) is 30.6 Å². The Bertz CT molecular complexity index is 626. The molecule has 1 saturated heterocycles. The molecular weight excluding hydrogens is 252 g/mol. The SMILES string of the molecule is CC1(O)CCN(Cc2cc3ccccc3nc2NN)C1. The first kappa shape index (κ1) is 13.3. The molecule has 2 heterocycles. The van der Waals surface area contributed by atoms with Crippen LogP contribution in [0.1, 0.15) is 18.9 Å². The third-order valence-corrected chi connectivity index (χ3v) is 3.86. The Kier molecular flexibility index (Phi) is 3.33. The predicted octanol–water partition coefficient (Wildman–Crippen LogP) is 1.48. The number of para-hydroxylation sites is 1. The van der Waals surface area contributed by atoms with Crippen LogP contribution in [-0.2, 0) is 6.54 Å². The van der Waals surface area contributed by atoms with E-state index in [9.17, 15) is 5.11 Å². The van der Waals surface area contributed by atoms with Crippen molar-refractivity contribution in [2.45, 2.75) is 25.5 Å². The smallest absolute Gasteiger partial charge is 0.145 e. The van der Waals surface area contributed by atoms with Gasteiger partial charge in [0.2, 0.25) is 0 Å². The van der Waals surface area contributed by atoms with Crippen LogP contribution in [0.3, 0.4) is 0 Å². The molecule has 1 aliphatic rings. The summed E-state index contributed by atoms with van der Waals surface area (Å²) < 4.78 is 0. The van der Waals surface area contributed by atoms with E-state index in [1.54, 1.807) is 0 Å². The van der Waals surface area contributed by atoms with Crippen molar-refractivity contribution in [1.29, 1.82) is 0 Å². The molecule has 2 aromatic rings. The lowest BCUT2D eigenvalue weighted by Crippen LogP contribution is -2.29. The molecule has 5 nitrogen and oxygen atoms in total. The molecule has 1 aromatic heterocycles. The van der Waals surface area contributed by atoms with E-state index in [1.807, 2.05) is 31.2 Å². The molecule has 20 heavy (non-hydrogen) atoms. The van der Waals surface area contributed by atoms with Gasteiger partial charge in [-0.3, -0.25) is 4.90 Å². The predicted molar refractivity (Wildman–Crippen MR) is 80.1 cm³/mol. The highest BCUT2D eigenvalue weighted by molar-refractivity contribution is 5.81. The number of likely N-dealkylation sites (tertiary alicyclic amines) is 1. The number of hydrogen-bond donors (Lipinski definition) is 3. The van der Waals surface area contributed by atoms with Crippen molar-refractivity contribution in [2.75, 3.05) is 18.5 Å². The number of hydrogen-bond acceptors (Lipinski definition) is 5. The lowest BCUT2D eigenvalue weighted by atomic mass is 10.1. The average molecular weight is 272 g/mol. The molecule has 1 unspecified atom stereocenters. The van der Waals surface area contributed by atoms with E-state index in [0.717, 1.165) is 36.0 Å². The van der Waals surface area contributed by atoms with E-state index >= 15 is 0 Å². The van der Waals surface area contributed by atoms with Crippen LogP contribution in [0.2, 0.25) is 0 Å². The fourth-order valence-corrected chi connectivity index (χ4v) is 2.82. The van der Waals surface area contributed by atoms with Crippen LogP contribution < -0.4 is 11.3 Å². The minimum Gasteiger partial charge on any atom is -0.389 e. The van der Waals surface area contributed by atoms with Crippen molar-refractivity contribution in [1.82, 2.24) is 9.88 Å². The van der Waals surface area contributed by atoms with E-state index in [-0.39, 0.29) is 0 Å². The van der Waals surface area contributed by atoms with Gasteiger partial charge in [0.1, 0.15) is 5.82 Å². The third kappa shape index (κ3) is 2.60. The largest absolute Gasteiger partial charge is 0.389 e. The number of anilines is 1. The van der Waals surface area contributed by atoms with Gasteiger partial charge in [-0.1, -0.05) is 18.2 Å². The zero-order valence-corrected chi connectivity index (χ0v) is 11.6. The van der Waals surface area contributed by atoms with Crippen molar-refractivity contribution in [3.05, 3.63) is 35.9 Å². The fraction of sp³-hybridized carbons (Fsp3) is 0.400. The van der Waals surface area contributed by atoms with Gasteiger partial charge in [-0.15, -0.1) is 0 Å². The van der Waals surface area contributed by atoms with Crippen molar-refractivity contribution in [3.8, 4) is 0 Å². The summed E-state index contributed by atoms with van der Waals surface area (Å²) in [5, 5.41) is 11.1. The molecule has 0 bridgehead atoms. The molecule has 1 fully saturated rings. The molecule has 0 spiro atoms. The number of rotatable bonds is 3. The fourth-order valence-electron chi connectivity index (χ4n) is 2.82. The molecular formula is C15H20N4O. The minimum atomic E-state index is -0.583. The van der Waals surface area contributed by atoms with Crippen LogP contribution in [0.15, 0.2) is 30.3 Å². The second-order valence-electron chi connectivity index (χ2n) is 5.79. The number of nitrogens with two attached hydrogens (primary N) is 1. The topological polar surface area (TPSA) is 74.4 Å². The van der Waals surface area contributed by atoms with Gasteiger partial charge < -0.3 is 10.5 Å². The number of β-amino-alcohol motifs (C(OH)–C–C–N with tert-alkyl or cyclic N) is 1. The molecule has 4 N–H and O–H groups in total. The standard InChI is InChI=1S/C15H20N4O/c1-15(20)6-7-19(10-15)9-12-8-11-4-2-3-5-13(11)17-14(12)18-16/h2-5,8,20H,6-7,9-10,16H2,1H3,(H,17,18). The number of pyridine rings is 1. The second kappa shape index (κ2) is 5.01. The first-order chi connectivity index (χ1) is 9.57. The zero-order chi connectivity index (χ0) is 14.2. The maximum atomic E-state index is 10.0. The quantitative estimate of drug-likeness (QED) is 0.583. The average Bonchev–Trinajstić information content (AvgIpc) is 2.77. The molecule has 106 valence electrons. The molecule has 0 aliphatic carbocycles. The van der Waals surface area contributed by atoms with E-state index in [1.165, 1.54) is 0 Å². The number of nitrogens with one attached hydrogen (secondary N) is 1. The maximum Gasteiger partial charge on any atom is 0.145 e. The first-order valence-electron chi connectivity index (χ1n) is 6.87. The number of benzene rings is 1. The lowest BCUT2D eigenvalue weighted by molar-refractivity contribution is 0.0679. The van der Waals surface area contributed by atoms with Crippen LogP contribution in [-0.4, -0.2) is 33.7 Å². The number of fused-ring (bicyclic) bond motifs is 1. The monoisotopic (exact) mass is 272 g/mol. The Labute approximate surface area is 118 Å². The number of aromatic nitrogens is 1. The van der Waals surface area contributed by atoms with Gasteiger partial charge in [-0.2, -0.15) is 0 Å². The molecule has 1 aliphatic heterocycles. The van der Waals surface area contributed by atoms with E-state index in [2.05, 4.69) is 21.4 Å². The van der Waals surface area contributed by atoms with Crippen molar-refractivity contribution in [3.63, 3.8) is 0 Å². The number of nitrogens with zero attached hydrogens (tertiary/aromatic N) is 2. The lowest BCUT2D eigenvalue weighted by Gasteiger charge is -2.20. The van der Waals surface area contributed by atoms with Crippen molar-refractivity contribution >= 4 is 16.7 Å². The van der Waals surface area contributed by atoms with E-state index in [4.69, 9.17) is 5.84 Å². The Morgan fingerprint density at radius 3 is 2.95 bits per heavy atom. The number of hydrazine groups is 1. The second-order valence-corrected chi connectivity index (χ2v) is 5.79. The van der Waals surface area contributed by atoms with Crippen LogP contribution in [0.5, 0.6) is 0 Å². The normalized spacial score (nSPS) is 23.4. The molecule has 0 saturated carbocycles. The molecule has 0 radical (unpaired) electrons. The summed E-state index contributed by atoms with van der Waals surface area (Å²) in [6.07, 6.45) is 0.805. The summed E-state index contributed by atoms with van der Waals surface area (Å²) in [6, 6.07) is 10.1. The highest BCUT2D eigenvalue weighted by Crippen LogP contribution is 2.26. The maximum absolute atomic E-state index is 10.0. The molecule has 3 rings (SSSR count). The highest BCUT2D eigenvalue weighted by atomic mass is 16.3. The number of nitrogen functional groups attached to an aromatic ring is 1. The Morgan fingerprint density at radius 1 is 1.45 bits per heavy atom. The summed E-state index contributed by atoms with van der Waals surface area (Å²) >= 11 is 0. The Morgan fingerprint density at radius 2 is 2.25 bits per heavy atom. The number of aliphatic hydroxyl groups is 1. The molecule has 1 atom stereocenters. The summed E-state index contributed by atoms with van der Waals surface area (Å²) in [4.78, 5) is 6.78. The summed E-state index contributed by atoms with van der Waals surface area (Å²) in [6.45, 7) is 4.20. The van der Waals surface area contributed by atoms with Gasteiger partial charge in [-0.05, 0) is 25.5 Å². The van der Waals surface area contributed by atoms with Crippen LogP contribution >= 0.6 is 0 Å². The Balaban J connectivity index is 1.90. The summed E-state index contributed by atoms with van der Waals surface area (Å²) in [7, 11) is 0. The zero-order valence-electron chi connectivity index (χ0n) is 11.6. The van der Waals surface area contributed by atoms with Gasteiger partial charge in [-0.25, -0.2) is 10.8 Å². The highest BCUT2D eigenvalue weighted by Gasteiger charge is 2.31. The molecule has 1 aromatic carbocycles. The molecule has 5 heteroatoms. The van der Waals surface area contributed by atoms with E-state index < -0.39 is 5.60 Å². The van der Waals surface area contributed by atoms with Gasteiger partial charge in [0.05, 0.1) is 11.1 Å². The van der Waals surface area contributed by atoms with Gasteiger partial charge >= 0.3 is 0 Å². The van der Waals surface area contributed by atoms with E-state index in [0.29, 0.717) is 12.4 Å². The summed E-state index contributed by atoms with van der Waals surface area (Å²) in [5.74, 6) is 6.29. The van der Waals surface area contributed by atoms with Gasteiger partial charge in [0.25, 0.3) is 0 Å². The van der Waals surface area contributed by atoms with Crippen molar-refractivity contribution in [2.24, 2.45) is 5.84 Å². The summed E-state index contributed by atoms with van der Waals surface area (Å²) in [5.41, 5.74) is 4.09. The first-order valence-corrected chi connectivity index (χ1v) is 6.87. The van der Waals surface area contributed by atoms with Crippen molar-refractivity contribution < 1.29 is 5.11 Å². The Hall–Kier alpha value is -1.69.